The predicted molar refractivity (Wildman–Crippen MR) is 419 cm³/mol. The first kappa shape index (κ1) is 71.5. The van der Waals surface area contributed by atoms with Gasteiger partial charge in [0, 0.05) is 14.2 Å². The second kappa shape index (κ2) is 30.2. The van der Waals surface area contributed by atoms with E-state index in [0.717, 1.165) is 64.7 Å². The van der Waals surface area contributed by atoms with E-state index < -0.39 is 16.6 Å². The van der Waals surface area contributed by atoms with Crippen LogP contribution < -0.4 is 31.8 Å². The number of imidazole rings is 3. The molecule has 0 aliphatic heterocycles. The highest BCUT2D eigenvalue weighted by Crippen LogP contribution is 2.49. The molecular formula is C83H87N15O4Si2. The molecule has 0 spiro atoms. The first-order chi connectivity index (χ1) is 50.3. The number of benzene rings is 8. The van der Waals surface area contributed by atoms with Crippen molar-refractivity contribution in [1.82, 2.24) is 53.5 Å². The molecule has 21 heteroatoms. The van der Waals surface area contributed by atoms with Gasteiger partial charge in [-0.25, -0.2) is 34.6 Å². The molecule has 1 unspecified atom stereocenters. The Hall–Kier alpha value is -10.9. The molecule has 0 amide bonds. The predicted octanol–water partition coefficient (Wildman–Crippen LogP) is 15.7. The number of ether oxygens (including phenoxy) is 2. The topological polar surface area (TPSA) is 192 Å². The number of rotatable bonds is 16. The molecule has 5 aromatic heterocycles. The van der Waals surface area contributed by atoms with Crippen molar-refractivity contribution in [3.63, 3.8) is 0 Å². The molecular weight excluding hydrogens is 1330 g/mol. The third kappa shape index (κ3) is 13.9. The molecule has 526 valence electrons. The van der Waals surface area contributed by atoms with Gasteiger partial charge in [-0.05, 0) is 124 Å². The highest BCUT2D eigenvalue weighted by molar-refractivity contribution is 7.00. The molecule has 0 fully saturated rings. The summed E-state index contributed by atoms with van der Waals surface area (Å²) in [5.41, 5.74) is 17.4. The lowest BCUT2D eigenvalue weighted by molar-refractivity contribution is -0.179. The zero-order valence-electron chi connectivity index (χ0n) is 60.7. The summed E-state index contributed by atoms with van der Waals surface area (Å²) in [5, 5.41) is 8.51. The lowest BCUT2D eigenvalue weighted by Gasteiger charge is -2.46. The van der Waals surface area contributed by atoms with Gasteiger partial charge < -0.3 is 33.9 Å². The van der Waals surface area contributed by atoms with Gasteiger partial charge >= 0.3 is 0 Å². The fourth-order valence-electron chi connectivity index (χ4n) is 15.2. The Morgan fingerprint density at radius 1 is 0.510 bits per heavy atom. The number of nitrogen functional groups attached to an aromatic ring is 1. The maximum atomic E-state index is 7.71. The minimum atomic E-state index is -2.78. The molecule has 4 atom stereocenters. The summed E-state index contributed by atoms with van der Waals surface area (Å²) in [6.45, 7) is 30.9. The number of anilines is 2. The van der Waals surface area contributed by atoms with Crippen LogP contribution in [0.3, 0.4) is 0 Å². The maximum Gasteiger partial charge on any atom is 0.261 e. The normalized spacial score (nSPS) is 16.0. The van der Waals surface area contributed by atoms with Gasteiger partial charge in [-0.3, -0.25) is 14.0 Å². The fourth-order valence-corrected chi connectivity index (χ4v) is 24.6. The third-order valence-electron chi connectivity index (χ3n) is 19.9. The Morgan fingerprint density at radius 2 is 0.933 bits per heavy atom. The van der Waals surface area contributed by atoms with E-state index in [-0.39, 0.29) is 40.8 Å². The summed E-state index contributed by atoms with van der Waals surface area (Å²) >= 11 is 0. The third-order valence-corrected chi connectivity index (χ3v) is 30.0. The zero-order chi connectivity index (χ0) is 72.9. The van der Waals surface area contributed by atoms with Gasteiger partial charge in [0.05, 0.1) is 77.6 Å². The zero-order valence-corrected chi connectivity index (χ0v) is 62.7. The summed E-state index contributed by atoms with van der Waals surface area (Å²) in [6.07, 6.45) is 9.83. The number of aromatic nitrogens is 10. The van der Waals surface area contributed by atoms with E-state index in [1.165, 1.54) is 43.0 Å². The van der Waals surface area contributed by atoms with Crippen molar-refractivity contribution in [3.05, 3.63) is 282 Å². The number of aryl methyl sites for hydroxylation is 1. The van der Waals surface area contributed by atoms with E-state index in [0.29, 0.717) is 34.8 Å². The molecule has 0 radical (unpaired) electrons. The monoisotopic (exact) mass is 1410 g/mol. The van der Waals surface area contributed by atoms with Crippen LogP contribution in [0.4, 0.5) is 22.9 Å². The number of nitrogens with zero attached hydrogens (tertiary/aromatic N) is 13. The van der Waals surface area contributed by atoms with Crippen molar-refractivity contribution in [2.24, 2.45) is 0 Å². The fraction of sp³-hybridized carbons (Fsp3) is 0.265. The highest BCUT2D eigenvalue weighted by atomic mass is 28.4. The maximum absolute atomic E-state index is 7.71. The minimum Gasteiger partial charge on any atom is -0.400 e. The Morgan fingerprint density at radius 3 is 1.38 bits per heavy atom. The van der Waals surface area contributed by atoms with E-state index in [4.69, 9.17) is 52.2 Å². The molecule has 8 aromatic carbocycles. The molecule has 3 N–H and O–H groups in total. The summed E-state index contributed by atoms with van der Waals surface area (Å²) in [4.78, 5) is 42.1. The summed E-state index contributed by atoms with van der Waals surface area (Å²) in [7, 11) is 1.43. The van der Waals surface area contributed by atoms with Crippen molar-refractivity contribution in [1.29, 1.82) is 0 Å². The second-order valence-electron chi connectivity index (χ2n) is 28.6. The van der Waals surface area contributed by atoms with Crippen LogP contribution in [0, 0.1) is 20.1 Å². The molecule has 2 aliphatic carbocycles. The molecule has 5 heterocycles. The van der Waals surface area contributed by atoms with E-state index in [9.17, 15) is 0 Å². The summed E-state index contributed by atoms with van der Waals surface area (Å²) in [6, 6.07) is 71.5. The van der Waals surface area contributed by atoms with Gasteiger partial charge in [-0.2, -0.15) is 9.97 Å². The molecule has 104 heavy (non-hydrogen) atoms. The van der Waals surface area contributed by atoms with E-state index in [2.05, 4.69) is 251 Å². The van der Waals surface area contributed by atoms with Crippen LogP contribution in [0.2, 0.25) is 10.1 Å². The van der Waals surface area contributed by atoms with Crippen molar-refractivity contribution >= 4 is 93.5 Å². The van der Waals surface area contributed by atoms with Crippen LogP contribution in [-0.2, 0) is 18.3 Å². The first-order valence-electron chi connectivity index (χ1n) is 35.1. The number of methoxy groups -OCH3 is 2. The molecule has 19 nitrogen and oxygen atoms in total. The lowest BCUT2D eigenvalue weighted by Crippen LogP contribution is -2.67. The number of hydrogen-bond donors (Lipinski definition) is 2. The van der Waals surface area contributed by atoms with E-state index >= 15 is 0 Å². The van der Waals surface area contributed by atoms with Crippen molar-refractivity contribution in [2.45, 2.75) is 115 Å². The van der Waals surface area contributed by atoms with Crippen LogP contribution in [0.5, 0.6) is 0 Å². The van der Waals surface area contributed by atoms with Gasteiger partial charge in [-0.1, -0.05) is 224 Å². The molecule has 13 aromatic rings. The molecule has 0 bridgehead atoms. The molecule has 0 saturated carbocycles. The van der Waals surface area contributed by atoms with Gasteiger partial charge in [0.1, 0.15) is 24.0 Å². The highest BCUT2D eigenvalue weighted by Gasteiger charge is 2.54. The quantitative estimate of drug-likeness (QED) is 0.0527. The Balaban J connectivity index is 0.000000167. The van der Waals surface area contributed by atoms with Gasteiger partial charge in [0.2, 0.25) is 18.3 Å². The Kier molecular flexibility index (Phi) is 20.8. The standard InChI is InChI=1S/C40H37N7OSi.C38H37N7OSi.C5H13NO2/c1-27-44-34-25-42-39(46-26-43-33-21-20-28(41-5)24-36(33)46)45-38(34)47(27)35-22-23-37(32-19-13-12-18-31(32)35)48-49(40(2,3)4,29-14-8-6-9-15-29)30-16-10-7-11-17-30;1-38(2,3)47(27-13-7-5-8-14-27,28-15-9-6-10-16-28)46-35-22-21-32(29-17-11-12-18-30(29)35)43-36-31(39)24-41-37(44-36)45-25-42-33-20-19-26(40-4)23-34(33)45;1-6(2)5(7-3)8-4/h6-21,24-26,35,37H,22-23H2,1-4H3;5-20,23-25,32,35H,21-22,39H2,1-3H3,(H,41,43,44);5H,1-4H3/t35?,37-;32-,35-;/m11./s1. The van der Waals surface area contributed by atoms with Crippen LogP contribution in [-0.4, -0.2) is 105 Å². The van der Waals surface area contributed by atoms with Crippen LogP contribution >= 0.6 is 0 Å². The second-order valence-corrected chi connectivity index (χ2v) is 37.1. The first-order valence-corrected chi connectivity index (χ1v) is 38.9. The Labute approximate surface area is 610 Å². The minimum absolute atomic E-state index is 0.0243. The number of fused-ring (bicyclic) bond motifs is 5. The van der Waals surface area contributed by atoms with Crippen LogP contribution in [0.25, 0.3) is 54.8 Å². The van der Waals surface area contributed by atoms with E-state index in [1.807, 2.05) is 48.7 Å². The SMILES string of the molecule is COC(OC)N(C)C.[C-]#[N+]c1ccc2ncn(-c3ncc(N)c(N[C@@H]4CC[C@@H](O[Si](c5ccccc5)(c5ccccc5)C(C)(C)C)c5ccccc54)n3)c2c1.[C-]#[N+]c1ccc2ncn(-c3ncc4nc(C)n(C5CC[C@@H](O[Si](c6ccccc6)(c6ccccc6)C(C)(C)C)c6ccccc65)c4n3)c2c1. The van der Waals surface area contributed by atoms with Gasteiger partial charge in [-0.15, -0.1) is 0 Å². The average Bonchev–Trinajstić information content (AvgIpc) is 0.821. The summed E-state index contributed by atoms with van der Waals surface area (Å²) < 4.78 is 31.0. The lowest BCUT2D eigenvalue weighted by atomic mass is 9.85. The largest absolute Gasteiger partial charge is 0.400 e. The van der Waals surface area contributed by atoms with E-state index in [1.54, 1.807) is 62.0 Å². The molecule has 0 saturated heterocycles. The van der Waals surface area contributed by atoms with Gasteiger partial charge in [0.25, 0.3) is 16.6 Å². The number of nitrogens with one attached hydrogen (secondary N) is 1. The molecule has 2 aliphatic rings. The number of hydrogen-bond acceptors (Lipinski definition) is 14. The summed E-state index contributed by atoms with van der Waals surface area (Å²) in [5.74, 6) is 2.38. The Bertz CT molecular complexity index is 5160. The van der Waals surface area contributed by atoms with Crippen LogP contribution in [0.1, 0.15) is 120 Å². The number of nitrogens with two attached hydrogens (primary N) is 1. The average molecular weight is 1410 g/mol. The van der Waals surface area contributed by atoms with Crippen molar-refractivity contribution in [3.8, 4) is 11.9 Å². The smallest absolute Gasteiger partial charge is 0.261 e. The molecule has 15 rings (SSSR count). The van der Waals surface area contributed by atoms with Crippen molar-refractivity contribution < 1.29 is 18.3 Å². The van der Waals surface area contributed by atoms with Crippen LogP contribution in [0.15, 0.2) is 231 Å². The van der Waals surface area contributed by atoms with Gasteiger partial charge in [0.15, 0.2) is 22.8 Å². The van der Waals surface area contributed by atoms with Crippen molar-refractivity contribution in [2.75, 3.05) is 39.4 Å².